The van der Waals surface area contributed by atoms with Gasteiger partial charge in [0.15, 0.2) is 0 Å². The van der Waals surface area contributed by atoms with E-state index in [0.29, 0.717) is 17.1 Å². The van der Waals surface area contributed by atoms with E-state index in [1.54, 1.807) is 36.4 Å². The third-order valence-electron chi connectivity index (χ3n) is 20.5. The Hall–Kier alpha value is -6.32. The Labute approximate surface area is 602 Å². The Morgan fingerprint density at radius 2 is 0.683 bits per heavy atom. The Morgan fingerprint density at radius 3 is 0.960 bits per heavy atom. The number of rotatable bonds is 23. The second-order valence-corrected chi connectivity index (χ2v) is 39.1. The lowest BCUT2D eigenvalue weighted by atomic mass is 9.49. The molecule has 0 saturated heterocycles. The number of nitrogens with zero attached hydrogens (tertiary/aromatic N) is 4. The molecule has 6 aliphatic carbocycles. The van der Waals surface area contributed by atoms with E-state index < -0.39 is 50.1 Å². The summed E-state index contributed by atoms with van der Waals surface area (Å²) in [6.45, 7) is 24.5. The van der Waals surface area contributed by atoms with Gasteiger partial charge in [-0.25, -0.2) is 67.8 Å². The van der Waals surface area contributed by atoms with Crippen molar-refractivity contribution in [1.82, 2.24) is 20.4 Å². The predicted octanol–water partition coefficient (Wildman–Crippen LogP) is 9.08. The summed E-state index contributed by atoms with van der Waals surface area (Å²) in [5.74, 6) is 1.62. The van der Waals surface area contributed by atoms with E-state index in [0.717, 1.165) is 111 Å². The summed E-state index contributed by atoms with van der Waals surface area (Å²) in [6, 6.07) is 17.8. The molecule has 2 heterocycles. The van der Waals surface area contributed by atoms with Gasteiger partial charge in [-0.05, 0) is 176 Å². The van der Waals surface area contributed by atoms with Crippen molar-refractivity contribution in [3.05, 3.63) is 72.8 Å². The molecule has 0 atom stereocenters. The van der Waals surface area contributed by atoms with Gasteiger partial charge in [0, 0.05) is 40.7 Å². The molecule has 560 valence electrons. The number of carbonyl (C=O) groups is 5. The first kappa shape index (κ1) is 83.6. The van der Waals surface area contributed by atoms with Crippen molar-refractivity contribution in [2.75, 3.05) is 26.6 Å². The fourth-order valence-electron chi connectivity index (χ4n) is 14.3. The lowest BCUT2D eigenvalue weighted by molar-refractivity contribution is -0.140. The lowest BCUT2D eigenvalue weighted by Crippen LogP contribution is -2.51. The van der Waals surface area contributed by atoms with E-state index in [1.807, 2.05) is 41.5 Å². The molecule has 2 aromatic heterocycles. The average molecular weight is 1540 g/mol. The van der Waals surface area contributed by atoms with Gasteiger partial charge < -0.3 is 26.6 Å². The third-order valence-corrected chi connectivity index (χ3v) is 27.6. The predicted molar refractivity (Wildman–Crippen MR) is 388 cm³/mol. The van der Waals surface area contributed by atoms with Crippen LogP contribution in [0.5, 0.6) is 0 Å². The van der Waals surface area contributed by atoms with E-state index in [9.17, 15) is 66.1 Å². The van der Waals surface area contributed by atoms with E-state index in [-0.39, 0.29) is 114 Å². The fourth-order valence-corrected chi connectivity index (χ4v) is 18.6. The molecule has 6 saturated carbocycles. The standard InChI is InChI=1S/C17H22N2O3S.C14H20N2O3S.C14H22N2O3S.C10H16N4O3S2.C10H18N4O3S2/c18-23(21,22)15-3-1-14(2-4-15)19-16(20)17-8-11-5-12(9-17)7-13(6-11)10-17;1-13(2)11(14(13,3)4)12(17)16-9-5-7-10(8-6-9)20(15,18)19;1-3-5-11(6-4-2)14(17)16-12-7-9-13(10-8-12)20(15,18)19;1-9(2)5(10(9,3)4)6(15)12-7-13-14-8(18-7)19(11,16)17;1-3-5-7(6-4-2)8(15)12-9-13-14-10(18-9)19(11,16)17/h1-4,11-13H,5-10H2,(H,19,20)(H2,18,21,22);5-8,11H,1-4H3,(H,16,17)(H2,15,18,19);7-11H,3-6H2,1-2H3,(H,16,17)(H2,15,18,19);5H,1-4H3,(H2,11,16,17)(H,12,13,15);7H,3-6H2,1-2H3,(H2,11,16,17)(H,12,13,15). The molecule has 0 aliphatic heterocycles. The Morgan fingerprint density at radius 1 is 0.406 bits per heavy atom. The van der Waals surface area contributed by atoms with E-state index >= 15 is 0 Å². The molecule has 0 unspecified atom stereocenters. The van der Waals surface area contributed by atoms with Gasteiger partial charge in [-0.2, -0.15) is 0 Å². The van der Waals surface area contributed by atoms with Gasteiger partial charge in [0.2, 0.25) is 78.5 Å². The van der Waals surface area contributed by atoms with Gasteiger partial charge in [-0.15, -0.1) is 20.4 Å². The topological polar surface area (TPSA) is 498 Å². The minimum Gasteiger partial charge on any atom is -0.326 e. The van der Waals surface area contributed by atoms with Gasteiger partial charge in [-0.3, -0.25) is 24.0 Å². The molecule has 4 bridgehead atoms. The van der Waals surface area contributed by atoms with Gasteiger partial charge in [0.25, 0.3) is 20.0 Å². The average Bonchev–Trinajstić information content (AvgIpc) is 1.56. The van der Waals surface area contributed by atoms with Gasteiger partial charge in [0.05, 0.1) is 20.1 Å². The molecule has 3 aromatic carbocycles. The van der Waals surface area contributed by atoms with Gasteiger partial charge in [-0.1, -0.05) is 131 Å². The highest BCUT2D eigenvalue weighted by molar-refractivity contribution is 7.91. The summed E-state index contributed by atoms with van der Waals surface area (Å²) in [4.78, 5) is 61.5. The highest BCUT2D eigenvalue weighted by Crippen LogP contribution is 2.69. The molecule has 36 heteroatoms. The summed E-state index contributed by atoms with van der Waals surface area (Å²) in [5.41, 5.74) is 1.34. The lowest BCUT2D eigenvalue weighted by Gasteiger charge is -2.55. The van der Waals surface area contributed by atoms with Crippen LogP contribution in [0, 0.1) is 68.5 Å². The van der Waals surface area contributed by atoms with Crippen LogP contribution in [0.2, 0.25) is 0 Å². The van der Waals surface area contributed by atoms with Crippen LogP contribution >= 0.6 is 22.7 Å². The molecule has 6 fully saturated rings. The molecule has 5 amide bonds. The number of nitrogens with one attached hydrogen (secondary N) is 5. The van der Waals surface area contributed by atoms with Crippen LogP contribution in [-0.4, -0.2) is 92.0 Å². The number of hydrogen-bond acceptors (Lipinski definition) is 21. The van der Waals surface area contributed by atoms with Crippen molar-refractivity contribution in [2.45, 2.75) is 196 Å². The van der Waals surface area contributed by atoms with Gasteiger partial charge in [0.1, 0.15) is 0 Å². The largest absolute Gasteiger partial charge is 0.326 e. The summed E-state index contributed by atoms with van der Waals surface area (Å²) in [5, 5.41) is 53.2. The minimum absolute atomic E-state index is 0.00270. The Bertz CT molecular complexity index is 4300. The van der Waals surface area contributed by atoms with Crippen LogP contribution in [0.15, 0.2) is 96.2 Å². The number of benzene rings is 3. The number of primary sulfonamides is 5. The third kappa shape index (κ3) is 21.7. The molecular weight excluding hydrogens is 1440 g/mol. The molecule has 0 radical (unpaired) electrons. The number of hydrogen-bond donors (Lipinski definition) is 10. The van der Waals surface area contributed by atoms with E-state index in [1.165, 1.54) is 55.7 Å². The normalized spacial score (nSPS) is 20.6. The van der Waals surface area contributed by atoms with Crippen molar-refractivity contribution in [3.8, 4) is 0 Å². The molecule has 11 rings (SSSR count). The fraction of sp³-hybridized carbons (Fsp3) is 0.585. The highest BCUT2D eigenvalue weighted by Gasteiger charge is 2.69. The number of amides is 5. The second-order valence-electron chi connectivity index (χ2n) is 29.0. The number of anilines is 5. The summed E-state index contributed by atoms with van der Waals surface area (Å²) in [6.07, 6.45) is 14.0. The zero-order valence-corrected chi connectivity index (χ0v) is 64.7. The monoisotopic (exact) mass is 1540 g/mol. The molecule has 29 nitrogen and oxygen atoms in total. The molecular formula is C65H98N14O15S7. The van der Waals surface area contributed by atoms with Crippen LogP contribution in [0.3, 0.4) is 0 Å². The maximum Gasteiger partial charge on any atom is 0.267 e. The van der Waals surface area contributed by atoms with Crippen molar-refractivity contribution >= 4 is 130 Å². The molecule has 5 aromatic rings. The minimum atomic E-state index is -3.87. The summed E-state index contributed by atoms with van der Waals surface area (Å²) < 4.78 is 111. The number of carbonyl (C=O) groups excluding carboxylic acids is 5. The second kappa shape index (κ2) is 32.8. The van der Waals surface area contributed by atoms with Crippen molar-refractivity contribution in [3.63, 3.8) is 0 Å². The summed E-state index contributed by atoms with van der Waals surface area (Å²) in [7, 11) is -18.8. The first-order chi connectivity index (χ1) is 46.6. The maximum absolute atomic E-state index is 12.9. The molecule has 101 heavy (non-hydrogen) atoms. The van der Waals surface area contributed by atoms with Crippen molar-refractivity contribution in [2.24, 2.45) is 94.2 Å². The zero-order valence-electron chi connectivity index (χ0n) is 59.0. The first-order valence-electron chi connectivity index (χ1n) is 33.2. The molecule has 6 aliphatic rings. The SMILES string of the molecule is CC1(C)C(C(=O)Nc2ccc(S(N)(=O)=O)cc2)C1(C)C.CC1(C)C(C(=O)Nc2nnc(S(N)(=O)=O)s2)C1(C)C.CCCC(CCC)C(=O)Nc1ccc(S(N)(=O)=O)cc1.CCCC(CCC)C(=O)Nc1nnc(S(N)(=O)=O)s1.NS(=O)(=O)c1ccc(NC(=O)C23CC4CC(CC(C4)C2)C3)cc1. The highest BCUT2D eigenvalue weighted by atomic mass is 32.3. The molecule has 15 N–H and O–H groups in total. The van der Waals surface area contributed by atoms with Crippen LogP contribution in [0.25, 0.3) is 0 Å². The van der Waals surface area contributed by atoms with E-state index in [2.05, 4.69) is 88.5 Å². The van der Waals surface area contributed by atoms with Gasteiger partial charge >= 0.3 is 0 Å². The number of nitrogens with two attached hydrogens (primary N) is 5. The zero-order chi connectivity index (χ0) is 75.9. The number of sulfonamides is 5. The number of aromatic nitrogens is 4. The van der Waals surface area contributed by atoms with Crippen molar-refractivity contribution in [1.29, 1.82) is 0 Å². The van der Waals surface area contributed by atoms with Crippen LogP contribution in [-0.2, 0) is 74.1 Å². The Kier molecular flexibility index (Phi) is 27.1. The quantitative estimate of drug-likeness (QED) is 0.0272. The van der Waals surface area contributed by atoms with Crippen LogP contribution in [0.4, 0.5) is 27.3 Å². The van der Waals surface area contributed by atoms with Crippen LogP contribution in [0.1, 0.15) is 173 Å². The smallest absolute Gasteiger partial charge is 0.267 e. The van der Waals surface area contributed by atoms with E-state index in [4.69, 9.17) is 25.7 Å². The maximum atomic E-state index is 12.9. The summed E-state index contributed by atoms with van der Waals surface area (Å²) >= 11 is 1.50. The van der Waals surface area contributed by atoms with Crippen LogP contribution < -0.4 is 52.3 Å². The molecule has 0 spiro atoms. The Balaban J connectivity index is 0.000000199. The van der Waals surface area contributed by atoms with Crippen molar-refractivity contribution < 1.29 is 66.1 Å². The first-order valence-corrected chi connectivity index (χ1v) is 42.6.